The van der Waals surface area contributed by atoms with E-state index in [-0.39, 0.29) is 5.75 Å². The first-order chi connectivity index (χ1) is 13.0. The Morgan fingerprint density at radius 3 is 2.37 bits per heavy atom. The molecule has 0 N–H and O–H groups in total. The Morgan fingerprint density at radius 2 is 1.70 bits per heavy atom. The van der Waals surface area contributed by atoms with Crippen LogP contribution >= 0.6 is 11.8 Å². The molecular formula is C18H19N3O4S2. The van der Waals surface area contributed by atoms with Crippen LogP contribution in [0.25, 0.3) is 11.4 Å². The summed E-state index contributed by atoms with van der Waals surface area (Å²) in [7, 11) is -0.206. The Hall–Kier alpha value is -2.52. The number of rotatable bonds is 8. The molecular weight excluding hydrogens is 386 g/mol. The highest BCUT2D eigenvalue weighted by Gasteiger charge is 2.16. The molecule has 0 spiro atoms. The zero-order valence-electron chi connectivity index (χ0n) is 14.9. The lowest BCUT2D eigenvalue weighted by atomic mass is 10.2. The molecule has 0 saturated heterocycles. The zero-order chi connectivity index (χ0) is 19.3. The van der Waals surface area contributed by atoms with Crippen LogP contribution in [0.15, 0.2) is 59.8 Å². The average Bonchev–Trinajstić information content (AvgIpc) is 3.03. The van der Waals surface area contributed by atoms with Crippen molar-refractivity contribution >= 4 is 21.9 Å². The maximum absolute atomic E-state index is 12.1. The van der Waals surface area contributed by atoms with Crippen molar-refractivity contribution in [3.63, 3.8) is 0 Å². The van der Waals surface area contributed by atoms with E-state index in [0.717, 1.165) is 11.3 Å². The molecule has 0 aliphatic rings. The molecule has 9 heteroatoms. The molecule has 0 amide bonds. The van der Waals surface area contributed by atoms with Crippen molar-refractivity contribution in [3.8, 4) is 22.9 Å². The summed E-state index contributed by atoms with van der Waals surface area (Å²) >= 11 is 1.31. The highest BCUT2D eigenvalue weighted by atomic mass is 32.2. The fraction of sp³-hybridized carbons (Fsp3) is 0.222. The molecule has 0 fully saturated rings. The first-order valence-electron chi connectivity index (χ1n) is 8.12. The highest BCUT2D eigenvalue weighted by molar-refractivity contribution is 8.00. The van der Waals surface area contributed by atoms with E-state index in [9.17, 15) is 8.42 Å². The van der Waals surface area contributed by atoms with Crippen LogP contribution < -0.4 is 8.92 Å². The van der Waals surface area contributed by atoms with Crippen molar-refractivity contribution < 1.29 is 17.3 Å². The van der Waals surface area contributed by atoms with Gasteiger partial charge >= 0.3 is 10.1 Å². The molecule has 2 aromatic carbocycles. The normalized spacial score (nSPS) is 11.3. The van der Waals surface area contributed by atoms with Crippen molar-refractivity contribution in [3.05, 3.63) is 54.6 Å². The lowest BCUT2D eigenvalue weighted by molar-refractivity contribution is 0.415. The molecule has 142 valence electrons. The monoisotopic (exact) mass is 405 g/mol. The van der Waals surface area contributed by atoms with Gasteiger partial charge in [-0.2, -0.15) is 8.42 Å². The second-order valence-electron chi connectivity index (χ2n) is 5.60. The van der Waals surface area contributed by atoms with E-state index in [4.69, 9.17) is 8.92 Å². The van der Waals surface area contributed by atoms with Gasteiger partial charge in [0.1, 0.15) is 11.5 Å². The maximum atomic E-state index is 12.1. The van der Waals surface area contributed by atoms with Gasteiger partial charge in [-0.1, -0.05) is 30.0 Å². The molecule has 0 radical (unpaired) electrons. The summed E-state index contributed by atoms with van der Waals surface area (Å²) in [5.41, 5.74) is 0.901. The molecule has 0 atom stereocenters. The molecule has 0 saturated carbocycles. The molecule has 7 nitrogen and oxygen atoms in total. The highest BCUT2D eigenvalue weighted by Crippen LogP contribution is 2.24. The third-order valence-electron chi connectivity index (χ3n) is 3.71. The van der Waals surface area contributed by atoms with Crippen LogP contribution in [0.2, 0.25) is 0 Å². The topological polar surface area (TPSA) is 83.3 Å². The molecule has 3 aromatic rings. The minimum Gasteiger partial charge on any atom is -0.497 e. The molecule has 1 heterocycles. The van der Waals surface area contributed by atoms with Crippen molar-refractivity contribution in [2.75, 3.05) is 18.6 Å². The number of para-hydroxylation sites is 1. The Balaban J connectivity index is 1.61. The quantitative estimate of drug-likeness (QED) is 0.421. The van der Waals surface area contributed by atoms with Crippen molar-refractivity contribution in [2.45, 2.75) is 5.16 Å². The number of ether oxygens (including phenoxy) is 1. The van der Waals surface area contributed by atoms with E-state index in [2.05, 4.69) is 10.2 Å². The van der Waals surface area contributed by atoms with Gasteiger partial charge in [0.05, 0.1) is 12.9 Å². The number of aromatic nitrogens is 3. The molecule has 3 rings (SSSR count). The van der Waals surface area contributed by atoms with Gasteiger partial charge < -0.3 is 13.5 Å². The maximum Gasteiger partial charge on any atom is 0.310 e. The summed E-state index contributed by atoms with van der Waals surface area (Å²) in [5.74, 6) is 1.95. The standard InChI is InChI=1S/C18H19N3O4S2/c1-21-17(14-8-10-15(24-2)11-9-14)19-20-18(21)26-12-13-27(22,23)25-16-6-4-3-5-7-16/h3-11H,12-13H2,1-2H3. The Morgan fingerprint density at radius 1 is 1.00 bits per heavy atom. The van der Waals surface area contributed by atoms with Gasteiger partial charge in [0.15, 0.2) is 11.0 Å². The molecule has 1 aromatic heterocycles. The first-order valence-corrected chi connectivity index (χ1v) is 10.7. The number of hydrogen-bond donors (Lipinski definition) is 0. The van der Waals surface area contributed by atoms with Gasteiger partial charge in [0.2, 0.25) is 0 Å². The minimum absolute atomic E-state index is 0.128. The summed E-state index contributed by atoms with van der Waals surface area (Å²) in [6, 6.07) is 16.0. The Labute approximate surface area is 162 Å². The van der Waals surface area contributed by atoms with Crippen molar-refractivity contribution in [1.29, 1.82) is 0 Å². The van der Waals surface area contributed by atoms with Crippen LogP contribution in [-0.2, 0) is 17.2 Å². The lowest BCUT2D eigenvalue weighted by Gasteiger charge is -2.07. The van der Waals surface area contributed by atoms with Crippen LogP contribution in [-0.4, -0.2) is 41.8 Å². The number of thioether (sulfide) groups is 1. The second kappa shape index (κ2) is 8.45. The molecule has 0 aliphatic carbocycles. The molecule has 0 aliphatic heterocycles. The summed E-state index contributed by atoms with van der Waals surface area (Å²) in [6.45, 7) is 0. The Kier molecular flexibility index (Phi) is 6.02. The number of hydrogen-bond acceptors (Lipinski definition) is 7. The lowest BCUT2D eigenvalue weighted by Crippen LogP contribution is -2.15. The van der Waals surface area contributed by atoms with Crippen molar-refractivity contribution in [2.24, 2.45) is 7.05 Å². The van der Waals surface area contributed by atoms with E-state index < -0.39 is 10.1 Å². The SMILES string of the molecule is COc1ccc(-c2nnc(SCCS(=O)(=O)Oc3ccccc3)n2C)cc1. The number of benzene rings is 2. The first kappa shape index (κ1) is 19.2. The van der Waals surface area contributed by atoms with E-state index in [1.165, 1.54) is 11.8 Å². The van der Waals surface area contributed by atoms with Crippen molar-refractivity contribution in [1.82, 2.24) is 14.8 Å². The van der Waals surface area contributed by atoms with Crippen LogP contribution in [0.3, 0.4) is 0 Å². The van der Waals surface area contributed by atoms with Gasteiger partial charge in [-0.3, -0.25) is 0 Å². The van der Waals surface area contributed by atoms with E-state index >= 15 is 0 Å². The summed E-state index contributed by atoms with van der Waals surface area (Å²) in [4.78, 5) is 0. The summed E-state index contributed by atoms with van der Waals surface area (Å²) in [5, 5.41) is 8.98. The van der Waals surface area contributed by atoms with E-state index in [1.54, 1.807) is 37.4 Å². The van der Waals surface area contributed by atoms with Crippen LogP contribution in [0.5, 0.6) is 11.5 Å². The van der Waals surface area contributed by atoms with Crippen LogP contribution in [0.1, 0.15) is 0 Å². The summed E-state index contributed by atoms with van der Waals surface area (Å²) < 4.78 is 36.2. The smallest absolute Gasteiger partial charge is 0.310 e. The van der Waals surface area contributed by atoms with Crippen LogP contribution in [0.4, 0.5) is 0 Å². The number of nitrogens with zero attached hydrogens (tertiary/aromatic N) is 3. The average molecular weight is 406 g/mol. The van der Waals surface area contributed by atoms with Gasteiger partial charge in [-0.15, -0.1) is 10.2 Å². The Bertz CT molecular complexity index is 987. The van der Waals surface area contributed by atoms with Gasteiger partial charge in [-0.05, 0) is 36.4 Å². The fourth-order valence-corrected chi connectivity index (χ4v) is 4.53. The second-order valence-corrected chi connectivity index (χ2v) is 8.35. The predicted octanol–water partition coefficient (Wildman–Crippen LogP) is 2.99. The molecule has 0 bridgehead atoms. The molecule has 27 heavy (non-hydrogen) atoms. The third kappa shape index (κ3) is 5.01. The van der Waals surface area contributed by atoms with Gasteiger partial charge in [0.25, 0.3) is 0 Å². The number of methoxy groups -OCH3 is 1. The van der Waals surface area contributed by atoms with E-state index in [1.807, 2.05) is 35.9 Å². The van der Waals surface area contributed by atoms with Gasteiger partial charge in [-0.25, -0.2) is 0 Å². The molecule has 0 unspecified atom stereocenters. The summed E-state index contributed by atoms with van der Waals surface area (Å²) in [6.07, 6.45) is 0. The third-order valence-corrected chi connectivity index (χ3v) is 6.14. The van der Waals surface area contributed by atoms with Crippen LogP contribution in [0, 0.1) is 0 Å². The largest absolute Gasteiger partial charge is 0.497 e. The predicted molar refractivity (Wildman–Crippen MR) is 105 cm³/mol. The fourth-order valence-electron chi connectivity index (χ4n) is 2.33. The zero-order valence-corrected chi connectivity index (χ0v) is 16.5. The van der Waals surface area contributed by atoms with Gasteiger partial charge in [0, 0.05) is 18.4 Å². The minimum atomic E-state index is -3.66. The van der Waals surface area contributed by atoms with E-state index in [0.29, 0.717) is 22.5 Å².